The number of carboxylic acids is 3. The molecular weight excluding hydrogens is 842 g/mol. The first kappa shape index (κ1) is 62.0. The van der Waals surface area contributed by atoms with Crippen LogP contribution in [0.15, 0.2) is 0 Å². The molecule has 0 aromatic rings. The Kier molecular flexibility index (Phi) is 35.3. The second kappa shape index (κ2) is 35.2. The number of halogens is 6. The van der Waals surface area contributed by atoms with E-state index in [-0.39, 0.29) is 24.8 Å². The SMILES string of the molecule is CCCCCCCCCCCCCCCC(=O)N[C@@H](CCCCN)C(=O)N[C@H](C(=O)N[C@@H](CCN)C(=O)N[C@H](C(=O)O)[C@@H](C)O)C(C)C.O=C(O)C(F)(F)F.O=C(O)C(F)(F)F. The summed E-state index contributed by atoms with van der Waals surface area (Å²) in [7, 11) is 0. The molecule has 0 aliphatic rings. The molecule has 0 unspecified atom stereocenters. The van der Waals surface area contributed by atoms with E-state index in [1.54, 1.807) is 13.8 Å². The van der Waals surface area contributed by atoms with Gasteiger partial charge >= 0.3 is 30.3 Å². The predicted molar refractivity (Wildman–Crippen MR) is 216 cm³/mol. The van der Waals surface area contributed by atoms with E-state index < -0.39 is 78.3 Å². The minimum Gasteiger partial charge on any atom is -0.480 e. The van der Waals surface area contributed by atoms with Crippen molar-refractivity contribution in [2.24, 2.45) is 17.4 Å². The number of hydrogen-bond donors (Lipinski definition) is 10. The zero-order chi connectivity index (χ0) is 48.5. The van der Waals surface area contributed by atoms with Crippen LogP contribution < -0.4 is 32.7 Å². The summed E-state index contributed by atoms with van der Waals surface area (Å²) in [5, 5.41) is 43.6. The molecule has 0 radical (unpaired) electrons. The molecule has 17 nitrogen and oxygen atoms in total. The maximum Gasteiger partial charge on any atom is 0.490 e. The summed E-state index contributed by atoms with van der Waals surface area (Å²) in [5.41, 5.74) is 11.3. The molecule has 0 spiro atoms. The number of aliphatic hydroxyl groups is 1. The molecule has 23 heteroatoms. The Hall–Kier alpha value is -4.25. The molecule has 0 heterocycles. The number of nitrogens with two attached hydrogens (primary N) is 2. The monoisotopic (exact) mass is 913 g/mol. The Labute approximate surface area is 359 Å². The lowest BCUT2D eigenvalue weighted by Crippen LogP contribution is -2.60. The van der Waals surface area contributed by atoms with Gasteiger partial charge in [-0.15, -0.1) is 0 Å². The molecule has 0 fully saturated rings. The number of alkyl halides is 6. The number of nitrogens with one attached hydrogen (secondary N) is 4. The highest BCUT2D eigenvalue weighted by Gasteiger charge is 2.39. The van der Waals surface area contributed by atoms with Crippen molar-refractivity contribution >= 4 is 41.5 Å². The third-order valence-electron chi connectivity index (χ3n) is 8.97. The molecule has 4 amide bonds. The van der Waals surface area contributed by atoms with Gasteiger partial charge in [-0.1, -0.05) is 97.8 Å². The number of aliphatic carboxylic acids is 3. The molecule has 0 aliphatic carbocycles. The molecule has 0 aromatic carbocycles. The van der Waals surface area contributed by atoms with Crippen molar-refractivity contribution in [2.75, 3.05) is 13.1 Å². The van der Waals surface area contributed by atoms with E-state index >= 15 is 0 Å². The number of carbonyl (C=O) groups excluding carboxylic acids is 4. The highest BCUT2D eigenvalue weighted by Crippen LogP contribution is 2.15. The Morgan fingerprint density at radius 1 is 0.516 bits per heavy atom. The number of aliphatic hydroxyl groups excluding tert-OH is 1. The van der Waals surface area contributed by atoms with Gasteiger partial charge in [0.2, 0.25) is 23.6 Å². The van der Waals surface area contributed by atoms with Crippen LogP contribution in [-0.2, 0) is 33.6 Å². The third kappa shape index (κ3) is 33.4. The van der Waals surface area contributed by atoms with E-state index in [1.807, 2.05) is 0 Å². The number of unbranched alkanes of at least 4 members (excludes halogenated alkanes) is 13. The van der Waals surface area contributed by atoms with Crippen LogP contribution in [0.4, 0.5) is 26.3 Å². The van der Waals surface area contributed by atoms with E-state index in [4.69, 9.17) is 31.3 Å². The second-order valence-corrected chi connectivity index (χ2v) is 14.9. The maximum absolute atomic E-state index is 13.4. The Bertz CT molecular complexity index is 1280. The molecule has 0 saturated heterocycles. The first-order chi connectivity index (χ1) is 28.8. The first-order valence-electron chi connectivity index (χ1n) is 20.9. The van der Waals surface area contributed by atoms with Crippen LogP contribution in [0.5, 0.6) is 0 Å². The van der Waals surface area contributed by atoms with Crippen molar-refractivity contribution in [3.63, 3.8) is 0 Å². The standard InChI is InChI=1S/C35H68N6O7.2C2HF3O2/c1-5-6-7-8-9-10-11-12-13-14-15-16-17-21-29(43)38-27(20-18-19-23-36)32(44)40-30(25(2)3)34(46)39-28(22-24-37)33(45)41-31(26(4)42)35(47)48;2*3-2(4,5)1(6)7/h25-28,30-31,42H,5-24,36-37H2,1-4H3,(H,38,43)(H,39,46)(H,40,44)(H,41,45)(H,47,48);2*(H,6,7)/t26-,27+,28+,30+,31+;;/m1../s1. The number of amides is 4. The number of carboxylic acid groups (broad SMARTS) is 3. The highest BCUT2D eigenvalue weighted by atomic mass is 19.4. The fourth-order valence-electron chi connectivity index (χ4n) is 5.46. The fraction of sp³-hybridized carbons (Fsp3) is 0.821. The van der Waals surface area contributed by atoms with Crippen LogP contribution in [0.2, 0.25) is 0 Å². The summed E-state index contributed by atoms with van der Waals surface area (Å²) in [4.78, 5) is 81.5. The van der Waals surface area contributed by atoms with Crippen molar-refractivity contribution in [1.29, 1.82) is 0 Å². The van der Waals surface area contributed by atoms with Crippen LogP contribution in [0.3, 0.4) is 0 Å². The fourth-order valence-corrected chi connectivity index (χ4v) is 5.46. The van der Waals surface area contributed by atoms with Crippen molar-refractivity contribution in [1.82, 2.24) is 21.3 Å². The summed E-state index contributed by atoms with van der Waals surface area (Å²) in [6.45, 7) is 7.37. The normalized spacial score (nSPS) is 13.7. The number of hydrogen-bond acceptors (Lipinski definition) is 10. The van der Waals surface area contributed by atoms with Gasteiger partial charge in [0, 0.05) is 6.42 Å². The molecule has 12 N–H and O–H groups in total. The van der Waals surface area contributed by atoms with Gasteiger partial charge < -0.3 is 53.2 Å². The van der Waals surface area contributed by atoms with Gasteiger partial charge in [0.05, 0.1) is 6.10 Å². The molecule has 62 heavy (non-hydrogen) atoms. The van der Waals surface area contributed by atoms with Gasteiger partial charge in [0.25, 0.3) is 0 Å². The molecule has 0 aliphatic heterocycles. The van der Waals surface area contributed by atoms with E-state index in [0.717, 1.165) is 25.7 Å². The summed E-state index contributed by atoms with van der Waals surface area (Å²) in [6, 6.07) is -4.67. The highest BCUT2D eigenvalue weighted by molar-refractivity contribution is 5.95. The molecule has 0 aromatic heterocycles. The van der Waals surface area contributed by atoms with E-state index in [0.29, 0.717) is 32.2 Å². The van der Waals surface area contributed by atoms with Gasteiger partial charge in [0.15, 0.2) is 6.04 Å². The van der Waals surface area contributed by atoms with Crippen LogP contribution in [0, 0.1) is 5.92 Å². The molecule has 0 bridgehead atoms. The molecule has 364 valence electrons. The first-order valence-corrected chi connectivity index (χ1v) is 20.9. The maximum atomic E-state index is 13.4. The summed E-state index contributed by atoms with van der Waals surface area (Å²) < 4.78 is 63.5. The van der Waals surface area contributed by atoms with Crippen LogP contribution in [0.1, 0.15) is 143 Å². The summed E-state index contributed by atoms with van der Waals surface area (Å²) in [6.07, 6.45) is 6.07. The largest absolute Gasteiger partial charge is 0.490 e. The smallest absolute Gasteiger partial charge is 0.480 e. The van der Waals surface area contributed by atoms with Gasteiger partial charge in [-0.25, -0.2) is 14.4 Å². The summed E-state index contributed by atoms with van der Waals surface area (Å²) >= 11 is 0. The Balaban J connectivity index is -0.00000211. The van der Waals surface area contributed by atoms with Gasteiger partial charge in [-0.3, -0.25) is 19.2 Å². The zero-order valence-corrected chi connectivity index (χ0v) is 36.2. The zero-order valence-electron chi connectivity index (χ0n) is 36.2. The van der Waals surface area contributed by atoms with Crippen molar-refractivity contribution < 1.29 is 80.3 Å². The van der Waals surface area contributed by atoms with Crippen molar-refractivity contribution in [2.45, 2.75) is 186 Å². The minimum atomic E-state index is -5.08. The van der Waals surface area contributed by atoms with Gasteiger partial charge in [-0.05, 0) is 58.0 Å². The quantitative estimate of drug-likeness (QED) is 0.0356. The molecule has 0 rings (SSSR count). The van der Waals surface area contributed by atoms with Gasteiger partial charge in [-0.2, -0.15) is 26.3 Å². The summed E-state index contributed by atoms with van der Waals surface area (Å²) in [5.74, 6) is -9.54. The second-order valence-electron chi connectivity index (χ2n) is 14.9. The average Bonchev–Trinajstić information content (AvgIpc) is 3.16. The van der Waals surface area contributed by atoms with E-state index in [1.165, 1.54) is 64.7 Å². The average molecular weight is 913 g/mol. The lowest BCUT2D eigenvalue weighted by molar-refractivity contribution is -0.193. The van der Waals surface area contributed by atoms with E-state index in [9.17, 15) is 60.5 Å². The predicted octanol–water partition coefficient (Wildman–Crippen LogP) is 4.27. The third-order valence-corrected chi connectivity index (χ3v) is 8.97. The van der Waals surface area contributed by atoms with Gasteiger partial charge in [0.1, 0.15) is 18.1 Å². The number of carbonyl (C=O) groups is 7. The van der Waals surface area contributed by atoms with Crippen molar-refractivity contribution in [3.8, 4) is 0 Å². The Morgan fingerprint density at radius 2 is 0.903 bits per heavy atom. The lowest BCUT2D eigenvalue weighted by Gasteiger charge is -2.28. The van der Waals surface area contributed by atoms with Crippen LogP contribution >= 0.6 is 0 Å². The molecular formula is C39H70F6N6O11. The number of rotatable bonds is 30. The topological polar surface area (TPSA) is 301 Å². The molecule has 0 saturated carbocycles. The van der Waals surface area contributed by atoms with E-state index in [2.05, 4.69) is 28.2 Å². The Morgan fingerprint density at radius 3 is 1.24 bits per heavy atom. The van der Waals surface area contributed by atoms with Crippen LogP contribution in [0.25, 0.3) is 0 Å². The lowest BCUT2D eigenvalue weighted by atomic mass is 10.0. The van der Waals surface area contributed by atoms with Crippen LogP contribution in [-0.4, -0.2) is 118 Å². The van der Waals surface area contributed by atoms with Crippen molar-refractivity contribution in [3.05, 3.63) is 0 Å². The molecule has 5 atom stereocenters. The minimum absolute atomic E-state index is 0.000547.